The average Bonchev–Trinajstić information content (AvgIpc) is 2.26. The molecule has 0 aliphatic carbocycles. The fourth-order valence-electron chi connectivity index (χ4n) is 3.16. The largest absolute Gasteiger partial charge is 0.483 e. The fourth-order valence-corrected chi connectivity index (χ4v) is 8.25. The number of rotatable bonds is 7. The summed E-state index contributed by atoms with van der Waals surface area (Å²) in [6, 6.07) is 0. The quantitative estimate of drug-likeness (QED) is 0.241. The van der Waals surface area contributed by atoms with E-state index >= 15 is 0 Å². The van der Waals surface area contributed by atoms with Crippen molar-refractivity contribution in [2.75, 3.05) is 0 Å². The van der Waals surface area contributed by atoms with E-state index in [0.29, 0.717) is 23.0 Å². The Morgan fingerprint density at radius 3 is 1.81 bits per heavy atom. The van der Waals surface area contributed by atoms with Crippen LogP contribution in [0.15, 0.2) is 23.1 Å². The average molecular weight is 310 g/mol. The zero-order chi connectivity index (χ0) is 16.8. The predicted octanol–water partition coefficient (Wildman–Crippen LogP) is 6.11. The molecule has 2 nitrogen and oxygen atoms in total. The van der Waals surface area contributed by atoms with Crippen LogP contribution in [-0.2, 0) is 4.74 Å². The van der Waals surface area contributed by atoms with Gasteiger partial charge in [-0.3, -0.25) is 4.66 Å². The van der Waals surface area contributed by atoms with E-state index in [1.165, 1.54) is 0 Å². The van der Waals surface area contributed by atoms with Crippen molar-refractivity contribution in [3.63, 3.8) is 0 Å². The molecule has 122 valence electrons. The topological polar surface area (TPSA) is 21.6 Å². The van der Waals surface area contributed by atoms with Gasteiger partial charge in [0, 0.05) is 12.3 Å². The molecular formula is C18H35NOSi. The van der Waals surface area contributed by atoms with Crippen LogP contribution in [0.1, 0.15) is 68.7 Å². The maximum atomic E-state index is 5.98. The van der Waals surface area contributed by atoms with Crippen molar-refractivity contribution in [3.8, 4) is 0 Å². The van der Waals surface area contributed by atoms with Crippen LogP contribution in [0.5, 0.6) is 0 Å². The molecule has 21 heavy (non-hydrogen) atoms. The van der Waals surface area contributed by atoms with Gasteiger partial charge in [-0.05, 0) is 37.4 Å². The van der Waals surface area contributed by atoms with Crippen molar-refractivity contribution in [1.29, 1.82) is 0 Å². The van der Waals surface area contributed by atoms with Crippen LogP contribution in [0, 0.1) is 0 Å². The summed E-state index contributed by atoms with van der Waals surface area (Å²) < 4.78 is 11.0. The summed E-state index contributed by atoms with van der Waals surface area (Å²) in [5, 5.41) is 0. The zero-order valence-corrected chi connectivity index (χ0v) is 16.6. The lowest BCUT2D eigenvalue weighted by Gasteiger charge is -2.37. The second-order valence-corrected chi connectivity index (χ2v) is 13.2. The SMILES string of the molecule is C=CCC(=C=N[Si](C(C)C)(C(C)C)C(C)C)OC(C)(C)C. The molecule has 0 saturated carbocycles. The van der Waals surface area contributed by atoms with Gasteiger partial charge in [0.15, 0.2) is 5.76 Å². The van der Waals surface area contributed by atoms with Crippen LogP contribution in [-0.4, -0.2) is 19.7 Å². The third kappa shape index (κ3) is 5.84. The van der Waals surface area contributed by atoms with Crippen LogP contribution in [0.4, 0.5) is 0 Å². The number of allylic oxidation sites excluding steroid dienone is 1. The Morgan fingerprint density at radius 2 is 1.52 bits per heavy atom. The molecule has 0 unspecified atom stereocenters. The molecule has 0 aromatic carbocycles. The Hall–Kier alpha value is -0.793. The second kappa shape index (κ2) is 8.00. The number of hydrogen-bond donors (Lipinski definition) is 0. The van der Waals surface area contributed by atoms with Crippen LogP contribution in [0.2, 0.25) is 16.6 Å². The summed E-state index contributed by atoms with van der Waals surface area (Å²) in [7, 11) is -1.82. The van der Waals surface area contributed by atoms with Gasteiger partial charge in [0.2, 0.25) is 8.24 Å². The van der Waals surface area contributed by atoms with Crippen molar-refractivity contribution in [3.05, 3.63) is 18.4 Å². The summed E-state index contributed by atoms with van der Waals surface area (Å²) in [6.45, 7) is 23.8. The first-order chi connectivity index (χ1) is 9.47. The van der Waals surface area contributed by atoms with Crippen molar-refractivity contribution in [2.45, 2.75) is 91.0 Å². The minimum atomic E-state index is -1.82. The van der Waals surface area contributed by atoms with Crippen LogP contribution >= 0.6 is 0 Å². The highest BCUT2D eigenvalue weighted by atomic mass is 28.3. The van der Waals surface area contributed by atoms with Gasteiger partial charge < -0.3 is 4.74 Å². The molecule has 0 aromatic rings. The highest BCUT2D eigenvalue weighted by Crippen LogP contribution is 2.42. The third-order valence-electron chi connectivity index (χ3n) is 3.91. The Morgan fingerprint density at radius 1 is 1.10 bits per heavy atom. The second-order valence-electron chi connectivity index (χ2n) is 7.71. The first-order valence-corrected chi connectivity index (χ1v) is 10.3. The third-order valence-corrected chi connectivity index (χ3v) is 9.96. The number of nitrogens with zero attached hydrogens (tertiary/aromatic N) is 1. The molecule has 0 N–H and O–H groups in total. The van der Waals surface area contributed by atoms with E-state index in [2.05, 4.69) is 74.8 Å². The molecule has 0 radical (unpaired) electrons. The molecule has 0 bridgehead atoms. The van der Waals surface area contributed by atoms with Gasteiger partial charge in [-0.2, -0.15) is 0 Å². The summed E-state index contributed by atoms with van der Waals surface area (Å²) in [5.41, 5.74) is 1.54. The maximum Gasteiger partial charge on any atom is 0.201 e. The molecule has 0 aliphatic heterocycles. The maximum absolute atomic E-state index is 5.98. The molecule has 0 saturated heterocycles. The molecule has 0 aromatic heterocycles. The van der Waals surface area contributed by atoms with Gasteiger partial charge in [0.25, 0.3) is 0 Å². The standard InChI is InChI=1S/C18H35NOSi/c1-11-12-17(20-18(8,9)10)13-19-21(14(2)3,15(4)5)16(6)7/h11,14-16H,1,12H2,2-10H3. The van der Waals surface area contributed by atoms with Crippen molar-refractivity contribution >= 4 is 14.1 Å². The van der Waals surface area contributed by atoms with Crippen molar-refractivity contribution in [1.82, 2.24) is 0 Å². The summed E-state index contributed by atoms with van der Waals surface area (Å²) in [6.07, 6.45) is 2.53. The minimum absolute atomic E-state index is 0.224. The highest BCUT2D eigenvalue weighted by Gasteiger charge is 2.43. The fraction of sp³-hybridized carbons (Fsp3) is 0.778. The molecule has 0 fully saturated rings. The summed E-state index contributed by atoms with van der Waals surface area (Å²) in [5.74, 6) is 4.07. The minimum Gasteiger partial charge on any atom is -0.483 e. The molecular weight excluding hydrogens is 274 g/mol. The van der Waals surface area contributed by atoms with Crippen LogP contribution in [0.25, 0.3) is 0 Å². The molecule has 0 atom stereocenters. The van der Waals surface area contributed by atoms with Crippen LogP contribution in [0.3, 0.4) is 0 Å². The van der Waals surface area contributed by atoms with E-state index in [1.807, 2.05) is 6.08 Å². The Labute approximate surface area is 133 Å². The lowest BCUT2D eigenvalue weighted by Crippen LogP contribution is -2.42. The lowest BCUT2D eigenvalue weighted by molar-refractivity contribution is 0.0532. The zero-order valence-electron chi connectivity index (χ0n) is 15.6. The Bertz CT molecular complexity index is 374. The molecule has 0 aliphatic rings. The van der Waals surface area contributed by atoms with E-state index < -0.39 is 8.24 Å². The van der Waals surface area contributed by atoms with Gasteiger partial charge >= 0.3 is 0 Å². The van der Waals surface area contributed by atoms with E-state index in [1.54, 1.807) is 0 Å². The molecule has 0 spiro atoms. The number of hydrogen-bond acceptors (Lipinski definition) is 2. The van der Waals surface area contributed by atoms with E-state index in [0.717, 1.165) is 5.76 Å². The normalized spacial score (nSPS) is 12.6. The highest BCUT2D eigenvalue weighted by molar-refractivity contribution is 6.82. The summed E-state index contributed by atoms with van der Waals surface area (Å²) >= 11 is 0. The molecule has 0 amide bonds. The lowest BCUT2D eigenvalue weighted by atomic mass is 10.2. The van der Waals surface area contributed by atoms with E-state index in [4.69, 9.17) is 9.39 Å². The smallest absolute Gasteiger partial charge is 0.201 e. The molecule has 0 rings (SSSR count). The first-order valence-electron chi connectivity index (χ1n) is 8.11. The molecule has 3 heteroatoms. The van der Waals surface area contributed by atoms with Crippen molar-refractivity contribution < 1.29 is 4.74 Å². The van der Waals surface area contributed by atoms with Crippen molar-refractivity contribution in [2.24, 2.45) is 4.66 Å². The summed E-state index contributed by atoms with van der Waals surface area (Å²) in [4.78, 5) is 0. The number of ether oxygens (including phenoxy) is 1. The molecule has 0 heterocycles. The van der Waals surface area contributed by atoms with E-state index in [9.17, 15) is 0 Å². The van der Waals surface area contributed by atoms with Crippen LogP contribution < -0.4 is 0 Å². The van der Waals surface area contributed by atoms with Gasteiger partial charge in [-0.25, -0.2) is 0 Å². The van der Waals surface area contributed by atoms with Gasteiger partial charge in [0.1, 0.15) is 5.60 Å². The van der Waals surface area contributed by atoms with Gasteiger partial charge in [-0.1, -0.05) is 47.6 Å². The first kappa shape index (κ1) is 20.2. The Kier molecular flexibility index (Phi) is 7.70. The predicted molar refractivity (Wildman–Crippen MR) is 97.6 cm³/mol. The van der Waals surface area contributed by atoms with E-state index in [-0.39, 0.29) is 5.60 Å². The van der Waals surface area contributed by atoms with Gasteiger partial charge in [0.05, 0.1) is 0 Å². The van der Waals surface area contributed by atoms with Gasteiger partial charge in [-0.15, -0.1) is 6.58 Å². The monoisotopic (exact) mass is 309 g/mol. The Balaban J connectivity index is 5.82.